The Kier molecular flexibility index (Phi) is 5.22. The molecule has 1 aromatic carbocycles. The lowest BCUT2D eigenvalue weighted by Crippen LogP contribution is -2.38. The van der Waals surface area contributed by atoms with Crippen molar-refractivity contribution in [3.8, 4) is 11.5 Å². The van der Waals surface area contributed by atoms with Crippen molar-refractivity contribution < 1.29 is 22.7 Å². The van der Waals surface area contributed by atoms with Crippen LogP contribution >= 0.6 is 0 Å². The third-order valence-electron chi connectivity index (χ3n) is 5.28. The molecule has 1 atom stereocenters. The summed E-state index contributed by atoms with van der Waals surface area (Å²) < 4.78 is 33.9. The average molecular weight is 367 g/mol. The van der Waals surface area contributed by atoms with Crippen LogP contribution in [-0.4, -0.2) is 58.0 Å². The molecule has 2 saturated heterocycles. The standard InChI is InChI=1S/C18H25NO5S/c1-23-15-3-4-17(24-2)16(11-15)14-5-8-19(12-14)18(20)13-6-9-25(21,22)10-7-13/h3-4,11,13-14H,5-10,12H2,1-2H3/t14-/m1/s1. The molecule has 1 aromatic rings. The summed E-state index contributed by atoms with van der Waals surface area (Å²) in [5.41, 5.74) is 1.06. The summed E-state index contributed by atoms with van der Waals surface area (Å²) in [6.07, 6.45) is 1.77. The number of methoxy groups -OCH3 is 2. The van der Waals surface area contributed by atoms with Gasteiger partial charge in [-0.05, 0) is 37.5 Å². The molecule has 2 aliphatic heterocycles. The predicted molar refractivity (Wildman–Crippen MR) is 94.9 cm³/mol. The molecule has 2 heterocycles. The number of hydrogen-bond donors (Lipinski definition) is 0. The summed E-state index contributed by atoms with van der Waals surface area (Å²) in [5, 5.41) is 0. The highest BCUT2D eigenvalue weighted by Gasteiger charge is 2.35. The zero-order valence-electron chi connectivity index (χ0n) is 14.7. The minimum Gasteiger partial charge on any atom is -0.497 e. The molecule has 1 amide bonds. The Balaban J connectivity index is 1.68. The van der Waals surface area contributed by atoms with Crippen LogP contribution in [0.5, 0.6) is 11.5 Å². The molecule has 0 aromatic heterocycles. The van der Waals surface area contributed by atoms with Crippen molar-refractivity contribution in [3.05, 3.63) is 23.8 Å². The molecular weight excluding hydrogens is 342 g/mol. The van der Waals surface area contributed by atoms with Gasteiger partial charge in [0.2, 0.25) is 5.91 Å². The average Bonchev–Trinajstić information content (AvgIpc) is 3.10. The Hall–Kier alpha value is -1.76. The third kappa shape index (κ3) is 3.92. The van der Waals surface area contributed by atoms with Gasteiger partial charge in [-0.25, -0.2) is 8.42 Å². The SMILES string of the molecule is COc1ccc(OC)c([C@@H]2CCN(C(=O)C3CCS(=O)(=O)CC3)C2)c1. The number of nitrogens with zero attached hydrogens (tertiary/aromatic N) is 1. The van der Waals surface area contributed by atoms with Crippen molar-refractivity contribution in [2.45, 2.75) is 25.2 Å². The molecule has 6 nitrogen and oxygen atoms in total. The first-order valence-electron chi connectivity index (χ1n) is 8.64. The van der Waals surface area contributed by atoms with Gasteiger partial charge in [0, 0.05) is 30.5 Å². The molecule has 0 saturated carbocycles. The van der Waals surface area contributed by atoms with E-state index in [0.29, 0.717) is 25.9 Å². The first-order valence-corrected chi connectivity index (χ1v) is 10.5. The molecule has 3 rings (SSSR count). The van der Waals surface area contributed by atoms with Crippen LogP contribution in [0.15, 0.2) is 18.2 Å². The molecule has 0 radical (unpaired) electrons. The van der Waals surface area contributed by atoms with E-state index in [2.05, 4.69) is 0 Å². The second kappa shape index (κ2) is 7.23. The number of carbonyl (C=O) groups is 1. The molecule has 0 unspecified atom stereocenters. The fraction of sp³-hybridized carbons (Fsp3) is 0.611. The highest BCUT2D eigenvalue weighted by molar-refractivity contribution is 7.91. The van der Waals surface area contributed by atoms with Gasteiger partial charge >= 0.3 is 0 Å². The Bertz CT molecular complexity index is 732. The fourth-order valence-electron chi connectivity index (χ4n) is 3.77. The number of sulfone groups is 1. The van der Waals surface area contributed by atoms with E-state index in [4.69, 9.17) is 9.47 Å². The van der Waals surface area contributed by atoms with Crippen molar-refractivity contribution >= 4 is 15.7 Å². The van der Waals surface area contributed by atoms with Crippen LogP contribution in [0.4, 0.5) is 0 Å². The molecule has 2 fully saturated rings. The number of hydrogen-bond acceptors (Lipinski definition) is 5. The number of amides is 1. The van der Waals surface area contributed by atoms with Gasteiger partial charge < -0.3 is 14.4 Å². The lowest BCUT2D eigenvalue weighted by atomic mass is 9.97. The van der Waals surface area contributed by atoms with Crippen LogP contribution in [0.3, 0.4) is 0 Å². The van der Waals surface area contributed by atoms with Crippen molar-refractivity contribution in [1.29, 1.82) is 0 Å². The third-order valence-corrected chi connectivity index (χ3v) is 7.00. The molecular formula is C18H25NO5S. The summed E-state index contributed by atoms with van der Waals surface area (Å²) in [7, 11) is 0.332. The molecule has 2 aliphatic rings. The highest BCUT2D eigenvalue weighted by atomic mass is 32.2. The van der Waals surface area contributed by atoms with Gasteiger partial charge in [-0.2, -0.15) is 0 Å². The largest absolute Gasteiger partial charge is 0.497 e. The van der Waals surface area contributed by atoms with Crippen LogP contribution in [0, 0.1) is 5.92 Å². The predicted octanol–water partition coefficient (Wildman–Crippen LogP) is 1.84. The highest BCUT2D eigenvalue weighted by Crippen LogP contribution is 2.37. The van der Waals surface area contributed by atoms with Gasteiger partial charge in [0.05, 0.1) is 25.7 Å². The molecule has 25 heavy (non-hydrogen) atoms. The minimum absolute atomic E-state index is 0.0965. The van der Waals surface area contributed by atoms with Gasteiger partial charge in [-0.15, -0.1) is 0 Å². The van der Waals surface area contributed by atoms with Gasteiger partial charge in [0.25, 0.3) is 0 Å². The second-order valence-corrected chi connectivity index (χ2v) is 9.11. The summed E-state index contributed by atoms with van der Waals surface area (Å²) in [4.78, 5) is 14.6. The molecule has 138 valence electrons. The normalized spacial score (nSPS) is 23.4. The van der Waals surface area contributed by atoms with Crippen LogP contribution < -0.4 is 9.47 Å². The molecule has 7 heteroatoms. The van der Waals surface area contributed by atoms with Crippen molar-refractivity contribution in [1.82, 2.24) is 4.90 Å². The Morgan fingerprint density at radius 3 is 2.48 bits per heavy atom. The van der Waals surface area contributed by atoms with Crippen LogP contribution in [0.25, 0.3) is 0 Å². The number of benzene rings is 1. The zero-order valence-corrected chi connectivity index (χ0v) is 15.5. The van der Waals surface area contributed by atoms with Crippen molar-refractivity contribution in [2.75, 3.05) is 38.8 Å². The number of ether oxygens (including phenoxy) is 2. The summed E-state index contributed by atoms with van der Waals surface area (Å²) in [5.74, 6) is 1.99. The van der Waals surface area contributed by atoms with E-state index >= 15 is 0 Å². The Morgan fingerprint density at radius 1 is 1.12 bits per heavy atom. The molecule has 0 N–H and O–H groups in total. The molecule has 0 aliphatic carbocycles. The van der Waals surface area contributed by atoms with E-state index < -0.39 is 9.84 Å². The second-order valence-electron chi connectivity index (χ2n) is 6.80. The Morgan fingerprint density at radius 2 is 1.84 bits per heavy atom. The van der Waals surface area contributed by atoms with Crippen LogP contribution in [0.2, 0.25) is 0 Å². The lowest BCUT2D eigenvalue weighted by Gasteiger charge is -2.26. The van der Waals surface area contributed by atoms with Crippen LogP contribution in [0.1, 0.15) is 30.7 Å². The van der Waals surface area contributed by atoms with E-state index in [1.54, 1.807) is 14.2 Å². The summed E-state index contributed by atoms with van der Waals surface area (Å²) in [6, 6.07) is 5.73. The number of likely N-dealkylation sites (tertiary alicyclic amines) is 1. The molecule has 0 bridgehead atoms. The first-order chi connectivity index (χ1) is 11.9. The van der Waals surface area contributed by atoms with Gasteiger partial charge in [-0.3, -0.25) is 4.79 Å². The Labute approximate surface area is 149 Å². The van der Waals surface area contributed by atoms with Crippen molar-refractivity contribution in [3.63, 3.8) is 0 Å². The van der Waals surface area contributed by atoms with E-state index in [-0.39, 0.29) is 29.2 Å². The number of rotatable bonds is 4. The zero-order chi connectivity index (χ0) is 18.0. The van der Waals surface area contributed by atoms with E-state index in [0.717, 1.165) is 23.5 Å². The minimum atomic E-state index is -2.94. The monoisotopic (exact) mass is 367 g/mol. The van der Waals surface area contributed by atoms with Gasteiger partial charge in [0.15, 0.2) is 0 Å². The lowest BCUT2D eigenvalue weighted by molar-refractivity contribution is -0.134. The fourth-order valence-corrected chi connectivity index (χ4v) is 5.26. The quantitative estimate of drug-likeness (QED) is 0.812. The number of carbonyl (C=O) groups excluding carboxylic acids is 1. The first kappa shape index (κ1) is 18.0. The van der Waals surface area contributed by atoms with Gasteiger partial charge in [-0.1, -0.05) is 0 Å². The maximum absolute atomic E-state index is 12.7. The topological polar surface area (TPSA) is 72.9 Å². The van der Waals surface area contributed by atoms with Crippen LogP contribution in [-0.2, 0) is 14.6 Å². The van der Waals surface area contributed by atoms with Crippen molar-refractivity contribution in [2.24, 2.45) is 5.92 Å². The molecule has 0 spiro atoms. The van der Waals surface area contributed by atoms with Gasteiger partial charge in [0.1, 0.15) is 21.3 Å². The summed E-state index contributed by atoms with van der Waals surface area (Å²) >= 11 is 0. The van der Waals surface area contributed by atoms with E-state index in [1.807, 2.05) is 23.1 Å². The van der Waals surface area contributed by atoms with E-state index in [9.17, 15) is 13.2 Å². The maximum atomic E-state index is 12.7. The summed E-state index contributed by atoms with van der Waals surface area (Å²) in [6.45, 7) is 1.35. The van der Waals surface area contributed by atoms with E-state index in [1.165, 1.54) is 0 Å². The maximum Gasteiger partial charge on any atom is 0.225 e. The smallest absolute Gasteiger partial charge is 0.225 e.